The van der Waals surface area contributed by atoms with Gasteiger partial charge in [-0.05, 0) is 49.1 Å². The Morgan fingerprint density at radius 2 is 1.61 bits per heavy atom. The van der Waals surface area contributed by atoms with E-state index in [1.54, 1.807) is 19.0 Å². The van der Waals surface area contributed by atoms with Crippen LogP contribution in [0.25, 0.3) is 11.1 Å². The maximum Gasteiger partial charge on any atom is 0.253 e. The summed E-state index contributed by atoms with van der Waals surface area (Å²) in [5.41, 5.74) is 2.87. The number of anilines is 1. The van der Waals surface area contributed by atoms with Gasteiger partial charge < -0.3 is 9.80 Å². The number of pyridine rings is 1. The average molecular weight is 309 g/mol. The molecule has 1 aromatic heterocycles. The molecule has 0 unspecified atom stereocenters. The molecule has 0 atom stereocenters. The predicted octanol–water partition coefficient (Wildman–Crippen LogP) is 3.44. The Hall–Kier alpha value is -2.36. The maximum atomic E-state index is 11.9. The second kappa shape index (κ2) is 6.82. The Balaban J connectivity index is 1.75. The van der Waals surface area contributed by atoms with Crippen molar-refractivity contribution in [3.8, 4) is 11.1 Å². The highest BCUT2D eigenvalue weighted by atomic mass is 16.2. The number of rotatable bonds is 3. The number of piperidine rings is 1. The molecule has 4 heteroatoms. The van der Waals surface area contributed by atoms with Gasteiger partial charge in [0.25, 0.3) is 5.91 Å². The normalized spacial score (nSPS) is 14.6. The monoisotopic (exact) mass is 309 g/mol. The van der Waals surface area contributed by atoms with Crippen molar-refractivity contribution in [1.29, 1.82) is 0 Å². The number of aromatic nitrogens is 1. The molecule has 1 saturated heterocycles. The third-order valence-electron chi connectivity index (χ3n) is 4.30. The van der Waals surface area contributed by atoms with Gasteiger partial charge in [0, 0.05) is 44.5 Å². The van der Waals surface area contributed by atoms with Crippen LogP contribution in [0.4, 0.5) is 5.82 Å². The van der Waals surface area contributed by atoms with Crippen LogP contribution in [0.15, 0.2) is 42.6 Å². The van der Waals surface area contributed by atoms with Gasteiger partial charge in [-0.2, -0.15) is 0 Å². The molecule has 1 aliphatic rings. The Labute approximate surface area is 137 Å². The molecule has 2 aromatic rings. The highest BCUT2D eigenvalue weighted by Gasteiger charge is 2.12. The molecular weight excluding hydrogens is 286 g/mol. The van der Waals surface area contributed by atoms with Crippen molar-refractivity contribution in [2.75, 3.05) is 32.1 Å². The largest absolute Gasteiger partial charge is 0.357 e. The van der Waals surface area contributed by atoms with Gasteiger partial charge in [0.05, 0.1) is 0 Å². The third kappa shape index (κ3) is 3.52. The number of nitrogens with zero attached hydrogens (tertiary/aromatic N) is 3. The molecule has 3 rings (SSSR count). The van der Waals surface area contributed by atoms with Gasteiger partial charge in [-0.3, -0.25) is 4.79 Å². The van der Waals surface area contributed by atoms with E-state index >= 15 is 0 Å². The van der Waals surface area contributed by atoms with Crippen molar-refractivity contribution in [2.24, 2.45) is 0 Å². The molecule has 23 heavy (non-hydrogen) atoms. The first kappa shape index (κ1) is 15.5. The Kier molecular flexibility index (Phi) is 4.60. The van der Waals surface area contributed by atoms with Crippen molar-refractivity contribution < 1.29 is 4.79 Å². The summed E-state index contributed by atoms with van der Waals surface area (Å²) in [4.78, 5) is 20.5. The number of hydrogen-bond donors (Lipinski definition) is 0. The van der Waals surface area contributed by atoms with Crippen LogP contribution in [0.5, 0.6) is 0 Å². The van der Waals surface area contributed by atoms with E-state index in [2.05, 4.69) is 22.0 Å². The topological polar surface area (TPSA) is 36.4 Å². The lowest BCUT2D eigenvalue weighted by molar-refractivity contribution is 0.0827. The van der Waals surface area contributed by atoms with E-state index in [1.165, 1.54) is 19.3 Å². The van der Waals surface area contributed by atoms with Crippen LogP contribution >= 0.6 is 0 Å². The SMILES string of the molecule is CN(C)C(=O)c1ccc(-c2ccc(N3CCCCC3)nc2)cc1. The predicted molar refractivity (Wildman–Crippen MR) is 93.8 cm³/mol. The van der Waals surface area contributed by atoms with Crippen molar-refractivity contribution >= 4 is 11.7 Å². The number of hydrogen-bond acceptors (Lipinski definition) is 3. The van der Waals surface area contributed by atoms with Gasteiger partial charge in [-0.1, -0.05) is 12.1 Å². The summed E-state index contributed by atoms with van der Waals surface area (Å²) < 4.78 is 0. The van der Waals surface area contributed by atoms with Crippen LogP contribution < -0.4 is 4.90 Å². The molecular formula is C19H23N3O. The van der Waals surface area contributed by atoms with Crippen LogP contribution in [0.1, 0.15) is 29.6 Å². The molecule has 4 nitrogen and oxygen atoms in total. The van der Waals surface area contributed by atoms with E-state index in [4.69, 9.17) is 0 Å². The zero-order valence-corrected chi connectivity index (χ0v) is 13.8. The molecule has 0 N–H and O–H groups in total. The van der Waals surface area contributed by atoms with E-state index < -0.39 is 0 Å². The molecule has 0 bridgehead atoms. The van der Waals surface area contributed by atoms with Crippen molar-refractivity contribution in [1.82, 2.24) is 9.88 Å². The molecule has 1 aromatic carbocycles. The van der Waals surface area contributed by atoms with Gasteiger partial charge in [0.2, 0.25) is 0 Å². The van der Waals surface area contributed by atoms with Gasteiger partial charge in [-0.15, -0.1) is 0 Å². The first-order valence-corrected chi connectivity index (χ1v) is 8.18. The number of benzene rings is 1. The van der Waals surface area contributed by atoms with E-state index in [-0.39, 0.29) is 5.91 Å². The lowest BCUT2D eigenvalue weighted by Gasteiger charge is -2.27. The number of carbonyl (C=O) groups excluding carboxylic acids is 1. The van der Waals surface area contributed by atoms with Crippen LogP contribution in [0, 0.1) is 0 Å². The highest BCUT2D eigenvalue weighted by molar-refractivity contribution is 5.94. The first-order valence-electron chi connectivity index (χ1n) is 8.18. The molecule has 0 aliphatic carbocycles. The smallest absolute Gasteiger partial charge is 0.253 e. The summed E-state index contributed by atoms with van der Waals surface area (Å²) in [6, 6.07) is 11.9. The summed E-state index contributed by atoms with van der Waals surface area (Å²) in [5.74, 6) is 1.09. The van der Waals surface area contributed by atoms with Gasteiger partial charge in [0.15, 0.2) is 0 Å². The van der Waals surface area contributed by atoms with Gasteiger partial charge in [-0.25, -0.2) is 4.98 Å². The number of amides is 1. The minimum absolute atomic E-state index is 0.0233. The number of carbonyl (C=O) groups is 1. The summed E-state index contributed by atoms with van der Waals surface area (Å²) in [5, 5.41) is 0. The maximum absolute atomic E-state index is 11.9. The summed E-state index contributed by atoms with van der Waals surface area (Å²) in [6.45, 7) is 2.21. The van der Waals surface area contributed by atoms with Crippen LogP contribution in [0.3, 0.4) is 0 Å². The average Bonchev–Trinajstić information content (AvgIpc) is 2.62. The second-order valence-electron chi connectivity index (χ2n) is 6.23. The lowest BCUT2D eigenvalue weighted by atomic mass is 10.0. The van der Waals surface area contributed by atoms with Crippen molar-refractivity contribution in [3.05, 3.63) is 48.2 Å². The summed E-state index contributed by atoms with van der Waals surface area (Å²) in [6.07, 6.45) is 5.76. The summed E-state index contributed by atoms with van der Waals surface area (Å²) >= 11 is 0. The second-order valence-corrected chi connectivity index (χ2v) is 6.23. The highest BCUT2D eigenvalue weighted by Crippen LogP contribution is 2.23. The molecule has 1 fully saturated rings. The van der Waals surface area contributed by atoms with Crippen LogP contribution in [-0.4, -0.2) is 43.0 Å². The Bertz CT molecular complexity index is 656. The minimum Gasteiger partial charge on any atom is -0.357 e. The fourth-order valence-electron chi connectivity index (χ4n) is 2.93. The molecule has 1 aliphatic heterocycles. The molecule has 0 radical (unpaired) electrons. The van der Waals surface area contributed by atoms with Crippen LogP contribution in [-0.2, 0) is 0 Å². The van der Waals surface area contributed by atoms with Crippen molar-refractivity contribution in [2.45, 2.75) is 19.3 Å². The molecule has 0 spiro atoms. The Morgan fingerprint density at radius 3 is 2.17 bits per heavy atom. The quantitative estimate of drug-likeness (QED) is 0.871. The molecule has 120 valence electrons. The van der Waals surface area contributed by atoms with E-state index in [0.717, 1.165) is 30.0 Å². The van der Waals surface area contributed by atoms with E-state index in [0.29, 0.717) is 5.56 Å². The standard InChI is InChI=1S/C19H23N3O/c1-21(2)19(23)16-8-6-15(7-9-16)17-10-11-18(20-14-17)22-12-4-3-5-13-22/h6-11,14H,3-5,12-13H2,1-2H3. The summed E-state index contributed by atoms with van der Waals surface area (Å²) in [7, 11) is 3.53. The molecule has 0 saturated carbocycles. The molecule has 2 heterocycles. The van der Waals surface area contributed by atoms with E-state index in [9.17, 15) is 4.79 Å². The minimum atomic E-state index is 0.0233. The van der Waals surface area contributed by atoms with E-state index in [1.807, 2.05) is 30.5 Å². The fraction of sp³-hybridized carbons (Fsp3) is 0.368. The van der Waals surface area contributed by atoms with Gasteiger partial charge in [0.1, 0.15) is 5.82 Å². The molecule has 1 amide bonds. The van der Waals surface area contributed by atoms with Crippen LogP contribution in [0.2, 0.25) is 0 Å². The zero-order chi connectivity index (χ0) is 16.2. The van der Waals surface area contributed by atoms with Gasteiger partial charge >= 0.3 is 0 Å². The third-order valence-corrected chi connectivity index (χ3v) is 4.30. The Morgan fingerprint density at radius 1 is 0.957 bits per heavy atom. The van der Waals surface area contributed by atoms with Crippen molar-refractivity contribution in [3.63, 3.8) is 0 Å². The fourth-order valence-corrected chi connectivity index (χ4v) is 2.93. The first-order chi connectivity index (χ1) is 11.1. The lowest BCUT2D eigenvalue weighted by Crippen LogP contribution is -2.29. The zero-order valence-electron chi connectivity index (χ0n) is 13.8.